The molecule has 0 radical (unpaired) electrons. The number of hydrogen-bond acceptors (Lipinski definition) is 1. The van der Waals surface area contributed by atoms with E-state index in [1.54, 1.807) is 10.9 Å². The van der Waals surface area contributed by atoms with Crippen molar-refractivity contribution in [2.45, 2.75) is 20.8 Å². The molecule has 0 atom stereocenters. The van der Waals surface area contributed by atoms with Gasteiger partial charge in [0.05, 0.1) is 11.8 Å². The lowest BCUT2D eigenvalue weighted by Gasteiger charge is -2.06. The van der Waals surface area contributed by atoms with Gasteiger partial charge >= 0.3 is 0 Å². The summed E-state index contributed by atoms with van der Waals surface area (Å²) in [6, 6.07) is 0. The highest BCUT2D eigenvalue weighted by Crippen LogP contribution is 2.10. The average molecular weight is 162 g/mol. The van der Waals surface area contributed by atoms with Crippen molar-refractivity contribution in [1.82, 2.24) is 9.78 Å². The Morgan fingerprint density at radius 1 is 1.42 bits per heavy atom. The molecule has 0 unspecified atom stereocenters. The predicted octanol–water partition coefficient (Wildman–Crippen LogP) is 1.82. The number of rotatable bonds is 0. The zero-order chi connectivity index (χ0) is 9.19. The normalized spacial score (nSPS) is 10.7. The zero-order valence-electron chi connectivity index (χ0n) is 8.05. The molecule has 0 amide bonds. The average Bonchev–Trinajstić information content (AvgIpc) is 2.30. The van der Waals surface area contributed by atoms with Crippen LogP contribution < -0.4 is 0 Å². The standard InChI is InChI=1S/C10H14N2/c1-10(2,3)6-5-9-7-11-12(4)8-9/h7-8H,1-4H3. The first-order valence-corrected chi connectivity index (χ1v) is 3.99. The van der Waals surface area contributed by atoms with Crippen LogP contribution in [0.15, 0.2) is 12.4 Å². The molecule has 0 fully saturated rings. The van der Waals surface area contributed by atoms with Crippen LogP contribution in [0.5, 0.6) is 0 Å². The van der Waals surface area contributed by atoms with Gasteiger partial charge in [-0.15, -0.1) is 0 Å². The smallest absolute Gasteiger partial charge is 0.0646 e. The van der Waals surface area contributed by atoms with Crippen LogP contribution in [-0.4, -0.2) is 9.78 Å². The summed E-state index contributed by atoms with van der Waals surface area (Å²) in [6.07, 6.45) is 3.69. The molecule has 1 heterocycles. The Hall–Kier alpha value is -1.23. The quantitative estimate of drug-likeness (QED) is 0.532. The molecule has 0 spiro atoms. The molecule has 0 bridgehead atoms. The van der Waals surface area contributed by atoms with Gasteiger partial charge in [0, 0.05) is 18.7 Å². The van der Waals surface area contributed by atoms with Crippen LogP contribution >= 0.6 is 0 Å². The van der Waals surface area contributed by atoms with Gasteiger partial charge < -0.3 is 0 Å². The number of nitrogens with zero attached hydrogens (tertiary/aromatic N) is 2. The molecule has 64 valence electrons. The molecule has 12 heavy (non-hydrogen) atoms. The van der Waals surface area contributed by atoms with Crippen molar-refractivity contribution in [3.63, 3.8) is 0 Å². The summed E-state index contributed by atoms with van der Waals surface area (Å²) in [5.41, 5.74) is 1.04. The van der Waals surface area contributed by atoms with Crippen molar-refractivity contribution in [1.29, 1.82) is 0 Å². The van der Waals surface area contributed by atoms with E-state index in [-0.39, 0.29) is 5.41 Å². The predicted molar refractivity (Wildman–Crippen MR) is 49.5 cm³/mol. The van der Waals surface area contributed by atoms with E-state index in [2.05, 4.69) is 37.7 Å². The van der Waals surface area contributed by atoms with Crippen molar-refractivity contribution in [3.05, 3.63) is 18.0 Å². The topological polar surface area (TPSA) is 17.8 Å². The van der Waals surface area contributed by atoms with Crippen molar-refractivity contribution in [2.75, 3.05) is 0 Å². The van der Waals surface area contributed by atoms with Gasteiger partial charge in [-0.1, -0.05) is 11.8 Å². The summed E-state index contributed by atoms with van der Waals surface area (Å²) in [5, 5.41) is 4.03. The fourth-order valence-corrected chi connectivity index (χ4v) is 0.745. The number of hydrogen-bond donors (Lipinski definition) is 0. The second-order valence-electron chi connectivity index (χ2n) is 3.90. The minimum Gasteiger partial charge on any atom is -0.275 e. The van der Waals surface area contributed by atoms with E-state index in [9.17, 15) is 0 Å². The molecular weight excluding hydrogens is 148 g/mol. The van der Waals surface area contributed by atoms with Crippen molar-refractivity contribution < 1.29 is 0 Å². The third-order valence-corrected chi connectivity index (χ3v) is 1.29. The van der Waals surface area contributed by atoms with E-state index in [4.69, 9.17) is 0 Å². The summed E-state index contributed by atoms with van der Waals surface area (Å²) in [5.74, 6) is 6.22. The molecule has 0 aliphatic heterocycles. The van der Waals surface area contributed by atoms with Crippen LogP contribution in [0.2, 0.25) is 0 Å². The third kappa shape index (κ3) is 2.79. The Balaban J connectivity index is 2.80. The monoisotopic (exact) mass is 162 g/mol. The summed E-state index contributed by atoms with van der Waals surface area (Å²) in [4.78, 5) is 0. The molecule has 1 rings (SSSR count). The van der Waals surface area contributed by atoms with Crippen LogP contribution in [0.25, 0.3) is 0 Å². The number of aryl methyl sites for hydroxylation is 1. The minimum atomic E-state index is 0.0653. The van der Waals surface area contributed by atoms with Crippen molar-refractivity contribution in [2.24, 2.45) is 12.5 Å². The maximum Gasteiger partial charge on any atom is 0.0646 e. The first kappa shape index (κ1) is 8.86. The zero-order valence-corrected chi connectivity index (χ0v) is 8.05. The van der Waals surface area contributed by atoms with Crippen molar-refractivity contribution in [3.8, 4) is 11.8 Å². The fraction of sp³-hybridized carbons (Fsp3) is 0.500. The lowest BCUT2D eigenvalue weighted by Crippen LogP contribution is -1.99. The second kappa shape index (κ2) is 3.02. The molecular formula is C10H14N2. The summed E-state index contributed by atoms with van der Waals surface area (Å²) in [6.45, 7) is 6.28. The maximum atomic E-state index is 4.03. The van der Waals surface area contributed by atoms with Gasteiger partial charge in [-0.3, -0.25) is 4.68 Å². The lowest BCUT2D eigenvalue weighted by atomic mass is 9.98. The SMILES string of the molecule is Cn1cc(C#CC(C)(C)C)cn1. The van der Waals surface area contributed by atoms with Gasteiger partial charge in [0.1, 0.15) is 0 Å². The van der Waals surface area contributed by atoms with Gasteiger partial charge in [-0.2, -0.15) is 5.10 Å². The molecule has 1 aromatic heterocycles. The highest BCUT2D eigenvalue weighted by molar-refractivity contribution is 5.31. The molecule has 2 heteroatoms. The Morgan fingerprint density at radius 3 is 2.50 bits per heavy atom. The van der Waals surface area contributed by atoms with E-state index < -0.39 is 0 Å². The van der Waals surface area contributed by atoms with Crippen LogP contribution in [0.3, 0.4) is 0 Å². The van der Waals surface area contributed by atoms with Crippen LogP contribution in [0.4, 0.5) is 0 Å². The summed E-state index contributed by atoms with van der Waals surface area (Å²) in [7, 11) is 1.89. The Kier molecular flexibility index (Phi) is 2.23. The molecule has 1 aromatic rings. The first-order valence-electron chi connectivity index (χ1n) is 3.99. The Morgan fingerprint density at radius 2 is 2.08 bits per heavy atom. The summed E-state index contributed by atoms with van der Waals surface area (Å²) >= 11 is 0. The molecule has 0 aliphatic rings. The number of aromatic nitrogens is 2. The highest BCUT2D eigenvalue weighted by atomic mass is 15.2. The first-order chi connectivity index (χ1) is 5.47. The van der Waals surface area contributed by atoms with E-state index in [0.29, 0.717) is 0 Å². The van der Waals surface area contributed by atoms with E-state index in [0.717, 1.165) is 5.56 Å². The van der Waals surface area contributed by atoms with E-state index in [1.165, 1.54) is 0 Å². The van der Waals surface area contributed by atoms with Gasteiger partial charge in [-0.05, 0) is 20.8 Å². The lowest BCUT2D eigenvalue weighted by molar-refractivity contribution is 0.571. The van der Waals surface area contributed by atoms with Gasteiger partial charge in [-0.25, -0.2) is 0 Å². The highest BCUT2D eigenvalue weighted by Gasteiger charge is 2.03. The van der Waals surface area contributed by atoms with E-state index >= 15 is 0 Å². The maximum absolute atomic E-state index is 4.03. The largest absolute Gasteiger partial charge is 0.275 e. The molecule has 0 N–H and O–H groups in total. The molecule has 2 nitrogen and oxygen atoms in total. The van der Waals surface area contributed by atoms with Crippen LogP contribution in [-0.2, 0) is 7.05 Å². The molecule has 0 aromatic carbocycles. The third-order valence-electron chi connectivity index (χ3n) is 1.29. The molecule has 0 saturated heterocycles. The Labute approximate surface area is 73.6 Å². The molecule has 0 saturated carbocycles. The van der Waals surface area contributed by atoms with Gasteiger partial charge in [0.15, 0.2) is 0 Å². The Bertz CT molecular complexity index is 318. The minimum absolute atomic E-state index is 0.0653. The second-order valence-corrected chi connectivity index (χ2v) is 3.90. The molecule has 0 aliphatic carbocycles. The van der Waals surface area contributed by atoms with Gasteiger partial charge in [0.25, 0.3) is 0 Å². The summed E-state index contributed by atoms with van der Waals surface area (Å²) < 4.78 is 1.76. The van der Waals surface area contributed by atoms with Gasteiger partial charge in [0.2, 0.25) is 0 Å². The van der Waals surface area contributed by atoms with Crippen molar-refractivity contribution >= 4 is 0 Å². The fourth-order valence-electron chi connectivity index (χ4n) is 0.745. The van der Waals surface area contributed by atoms with E-state index in [1.807, 2.05) is 13.2 Å². The van der Waals surface area contributed by atoms with Crippen LogP contribution in [0.1, 0.15) is 26.3 Å². The van der Waals surface area contributed by atoms with Crippen LogP contribution in [0, 0.1) is 17.3 Å².